The van der Waals surface area contributed by atoms with E-state index < -0.39 is 12.5 Å². The molecule has 0 aliphatic carbocycles. The maximum absolute atomic E-state index is 13.2. The molecule has 0 atom stereocenters. The van der Waals surface area contributed by atoms with E-state index >= 15 is 0 Å². The molecular formula is C24H21NO6. The first-order valence-electron chi connectivity index (χ1n) is 9.65. The van der Waals surface area contributed by atoms with Crippen molar-refractivity contribution in [2.75, 3.05) is 19.0 Å². The Bertz CT molecular complexity index is 1300. The molecule has 0 fully saturated rings. The number of furan rings is 1. The molecule has 2 heterocycles. The van der Waals surface area contributed by atoms with E-state index in [-0.39, 0.29) is 16.9 Å². The highest BCUT2D eigenvalue weighted by molar-refractivity contribution is 5.93. The standard InChI is InChI=1S/C24H21NO6/c1-14-11-15(2)22-16(12-14)21(27)24(23(31-22)19-9-6-10-29-19)30-13-20(26)25-17-7-4-5-8-18(17)28-3/h4-12H,13H2,1-3H3,(H,25,26). The first-order valence-corrected chi connectivity index (χ1v) is 9.65. The van der Waals surface area contributed by atoms with Gasteiger partial charge in [0.25, 0.3) is 5.91 Å². The van der Waals surface area contributed by atoms with E-state index in [0.717, 1.165) is 11.1 Å². The molecule has 1 N–H and O–H groups in total. The summed E-state index contributed by atoms with van der Waals surface area (Å²) in [6.45, 7) is 3.37. The molecule has 158 valence electrons. The predicted octanol–water partition coefficient (Wildman–Crippen LogP) is 4.70. The predicted molar refractivity (Wildman–Crippen MR) is 117 cm³/mol. The lowest BCUT2D eigenvalue weighted by atomic mass is 10.1. The van der Waals surface area contributed by atoms with Crippen LogP contribution in [0.5, 0.6) is 11.5 Å². The lowest BCUT2D eigenvalue weighted by Gasteiger charge is -2.13. The van der Waals surface area contributed by atoms with Gasteiger partial charge in [0.05, 0.1) is 24.4 Å². The van der Waals surface area contributed by atoms with E-state index in [4.69, 9.17) is 18.3 Å². The van der Waals surface area contributed by atoms with Gasteiger partial charge in [-0.3, -0.25) is 9.59 Å². The summed E-state index contributed by atoms with van der Waals surface area (Å²) >= 11 is 0. The zero-order chi connectivity index (χ0) is 22.0. The number of para-hydroxylation sites is 2. The fourth-order valence-corrected chi connectivity index (χ4v) is 3.41. The summed E-state index contributed by atoms with van der Waals surface area (Å²) < 4.78 is 22.4. The van der Waals surface area contributed by atoms with Crippen LogP contribution in [0.25, 0.3) is 22.5 Å². The molecule has 2 aromatic heterocycles. The number of anilines is 1. The highest BCUT2D eigenvalue weighted by Crippen LogP contribution is 2.33. The van der Waals surface area contributed by atoms with Crippen molar-refractivity contribution in [1.82, 2.24) is 0 Å². The molecule has 0 saturated carbocycles. The van der Waals surface area contributed by atoms with Gasteiger partial charge in [0, 0.05) is 0 Å². The van der Waals surface area contributed by atoms with Crippen LogP contribution in [-0.2, 0) is 4.79 Å². The third kappa shape index (κ3) is 4.02. The normalized spacial score (nSPS) is 10.8. The van der Waals surface area contributed by atoms with Gasteiger partial charge in [-0.1, -0.05) is 18.2 Å². The Morgan fingerprint density at radius 1 is 1.10 bits per heavy atom. The second kappa shape index (κ2) is 8.39. The van der Waals surface area contributed by atoms with Crippen molar-refractivity contribution in [3.63, 3.8) is 0 Å². The first kappa shape index (κ1) is 20.3. The maximum Gasteiger partial charge on any atom is 0.262 e. The lowest BCUT2D eigenvalue weighted by molar-refractivity contribution is -0.118. The molecule has 7 heteroatoms. The van der Waals surface area contributed by atoms with Crippen LogP contribution in [0.2, 0.25) is 0 Å². The van der Waals surface area contributed by atoms with Gasteiger partial charge in [-0.25, -0.2) is 0 Å². The summed E-state index contributed by atoms with van der Waals surface area (Å²) in [5, 5.41) is 3.10. The van der Waals surface area contributed by atoms with E-state index in [0.29, 0.717) is 28.2 Å². The number of aryl methyl sites for hydroxylation is 2. The number of hydrogen-bond acceptors (Lipinski definition) is 6. The third-order valence-corrected chi connectivity index (χ3v) is 4.75. The van der Waals surface area contributed by atoms with Crippen molar-refractivity contribution < 1.29 is 23.1 Å². The maximum atomic E-state index is 13.2. The van der Waals surface area contributed by atoms with E-state index in [1.807, 2.05) is 19.9 Å². The quantitative estimate of drug-likeness (QED) is 0.487. The molecule has 0 spiro atoms. The number of carbonyl (C=O) groups is 1. The second-order valence-electron chi connectivity index (χ2n) is 7.06. The Morgan fingerprint density at radius 2 is 1.90 bits per heavy atom. The number of hydrogen-bond donors (Lipinski definition) is 1. The van der Waals surface area contributed by atoms with Gasteiger partial charge >= 0.3 is 0 Å². The smallest absolute Gasteiger partial charge is 0.262 e. The Kier molecular flexibility index (Phi) is 5.49. The summed E-state index contributed by atoms with van der Waals surface area (Å²) in [5.41, 5.74) is 2.32. The first-order chi connectivity index (χ1) is 15.0. The second-order valence-corrected chi connectivity index (χ2v) is 7.06. The SMILES string of the molecule is COc1ccccc1NC(=O)COc1c(-c2ccco2)oc2c(C)cc(C)cc2c1=O. The van der Waals surface area contributed by atoms with Crippen LogP contribution in [0, 0.1) is 13.8 Å². The van der Waals surface area contributed by atoms with E-state index in [1.165, 1.54) is 13.4 Å². The monoisotopic (exact) mass is 419 g/mol. The summed E-state index contributed by atoms with van der Waals surface area (Å²) in [6.07, 6.45) is 1.47. The molecule has 0 radical (unpaired) electrons. The van der Waals surface area contributed by atoms with Gasteiger partial charge in [-0.15, -0.1) is 0 Å². The fourth-order valence-electron chi connectivity index (χ4n) is 3.41. The van der Waals surface area contributed by atoms with Crippen LogP contribution in [0.1, 0.15) is 11.1 Å². The minimum absolute atomic E-state index is 0.0809. The fraction of sp³-hybridized carbons (Fsp3) is 0.167. The number of methoxy groups -OCH3 is 1. The number of benzene rings is 2. The van der Waals surface area contributed by atoms with E-state index in [9.17, 15) is 9.59 Å². The van der Waals surface area contributed by atoms with Gasteiger partial charge in [0.1, 0.15) is 11.3 Å². The molecule has 2 aromatic carbocycles. The highest BCUT2D eigenvalue weighted by Gasteiger charge is 2.22. The van der Waals surface area contributed by atoms with E-state index in [2.05, 4.69) is 5.32 Å². The van der Waals surface area contributed by atoms with Crippen LogP contribution in [-0.4, -0.2) is 19.6 Å². The van der Waals surface area contributed by atoms with Crippen molar-refractivity contribution in [3.8, 4) is 23.0 Å². The minimum Gasteiger partial charge on any atom is -0.495 e. The van der Waals surface area contributed by atoms with Crippen molar-refractivity contribution in [2.45, 2.75) is 13.8 Å². The Balaban J connectivity index is 1.69. The molecule has 0 unspecified atom stereocenters. The van der Waals surface area contributed by atoms with Gasteiger partial charge in [0.15, 0.2) is 12.4 Å². The van der Waals surface area contributed by atoms with Gasteiger partial charge in [-0.05, 0) is 55.3 Å². The number of carbonyl (C=O) groups excluding carboxylic acids is 1. The third-order valence-electron chi connectivity index (χ3n) is 4.75. The van der Waals surface area contributed by atoms with Crippen molar-refractivity contribution in [1.29, 1.82) is 0 Å². The van der Waals surface area contributed by atoms with Gasteiger partial charge in [0.2, 0.25) is 16.9 Å². The molecule has 31 heavy (non-hydrogen) atoms. The van der Waals surface area contributed by atoms with Crippen molar-refractivity contribution >= 4 is 22.6 Å². The van der Waals surface area contributed by atoms with Crippen molar-refractivity contribution in [3.05, 3.63) is 76.1 Å². The van der Waals surface area contributed by atoms with Crippen LogP contribution in [0.4, 0.5) is 5.69 Å². The zero-order valence-electron chi connectivity index (χ0n) is 17.4. The van der Waals surface area contributed by atoms with Crippen LogP contribution in [0.15, 0.2) is 68.4 Å². The highest BCUT2D eigenvalue weighted by atomic mass is 16.5. The summed E-state index contributed by atoms with van der Waals surface area (Å²) in [4.78, 5) is 25.7. The molecule has 4 aromatic rings. The van der Waals surface area contributed by atoms with Crippen LogP contribution in [0.3, 0.4) is 0 Å². The molecule has 0 bridgehead atoms. The largest absolute Gasteiger partial charge is 0.495 e. The van der Waals surface area contributed by atoms with Gasteiger partial charge in [-0.2, -0.15) is 0 Å². The number of amides is 1. The average molecular weight is 419 g/mol. The summed E-state index contributed by atoms with van der Waals surface area (Å²) in [7, 11) is 1.52. The number of rotatable bonds is 6. The molecule has 7 nitrogen and oxygen atoms in total. The minimum atomic E-state index is -0.449. The Labute approximate surface area is 178 Å². The lowest BCUT2D eigenvalue weighted by Crippen LogP contribution is -2.23. The Morgan fingerprint density at radius 3 is 2.65 bits per heavy atom. The average Bonchev–Trinajstić information content (AvgIpc) is 3.28. The van der Waals surface area contributed by atoms with E-state index in [1.54, 1.807) is 42.5 Å². The topological polar surface area (TPSA) is 90.9 Å². The van der Waals surface area contributed by atoms with Gasteiger partial charge < -0.3 is 23.6 Å². The Hall–Kier alpha value is -4.00. The molecular weight excluding hydrogens is 398 g/mol. The summed E-state index contributed by atoms with van der Waals surface area (Å²) in [5.74, 6) is 0.458. The van der Waals surface area contributed by atoms with Crippen LogP contribution >= 0.6 is 0 Å². The summed E-state index contributed by atoms with van der Waals surface area (Å²) in [6, 6.07) is 14.0. The number of nitrogens with one attached hydrogen (secondary N) is 1. The molecule has 4 rings (SSSR count). The van der Waals surface area contributed by atoms with Crippen molar-refractivity contribution in [2.24, 2.45) is 0 Å². The zero-order valence-corrected chi connectivity index (χ0v) is 17.4. The number of ether oxygens (including phenoxy) is 2. The van der Waals surface area contributed by atoms with Crippen LogP contribution < -0.4 is 20.2 Å². The molecule has 0 aliphatic heterocycles. The number of fused-ring (bicyclic) bond motifs is 1. The molecule has 0 saturated heterocycles. The molecule has 1 amide bonds. The molecule has 0 aliphatic rings.